The van der Waals surface area contributed by atoms with Crippen LogP contribution in [-0.2, 0) is 11.2 Å². The number of carbonyl (C=O) groups is 1. The van der Waals surface area contributed by atoms with Crippen molar-refractivity contribution < 1.29 is 19.0 Å². The lowest BCUT2D eigenvalue weighted by atomic mass is 10.1. The zero-order chi connectivity index (χ0) is 18.2. The fourth-order valence-corrected chi connectivity index (χ4v) is 2.50. The second-order valence-corrected chi connectivity index (χ2v) is 5.94. The summed E-state index contributed by atoms with van der Waals surface area (Å²) in [6, 6.07) is 13.0. The molecule has 0 aliphatic carbocycles. The maximum atomic E-state index is 12.2. The summed E-state index contributed by atoms with van der Waals surface area (Å²) in [5, 5.41) is 2.95. The molecule has 2 aromatic carbocycles. The van der Waals surface area contributed by atoms with Gasteiger partial charge in [-0.05, 0) is 55.3 Å². The molecule has 1 amide bonds. The quantitative estimate of drug-likeness (QED) is 0.800. The third kappa shape index (κ3) is 5.71. The van der Waals surface area contributed by atoms with E-state index in [1.807, 2.05) is 56.3 Å². The van der Waals surface area contributed by atoms with E-state index < -0.39 is 0 Å². The molecule has 5 heteroatoms. The Hall–Kier alpha value is -2.69. The first kappa shape index (κ1) is 18.6. The van der Waals surface area contributed by atoms with Gasteiger partial charge in [0.15, 0.2) is 0 Å². The molecule has 1 atom stereocenters. The van der Waals surface area contributed by atoms with Gasteiger partial charge in [-0.25, -0.2) is 0 Å². The monoisotopic (exact) mass is 343 g/mol. The first-order chi connectivity index (χ1) is 12.0. The van der Waals surface area contributed by atoms with Crippen LogP contribution in [0, 0.1) is 6.92 Å². The number of nitrogens with one attached hydrogen (secondary N) is 1. The number of hydrogen-bond donors (Lipinski definition) is 1. The van der Waals surface area contributed by atoms with Crippen LogP contribution in [0.15, 0.2) is 42.5 Å². The SMILES string of the molecule is COc1ccc(OCC(C)NC(=O)Cc2ccc(OC)c(C)c2)cc1. The Labute approximate surface area is 148 Å². The van der Waals surface area contributed by atoms with Gasteiger partial charge in [0.05, 0.1) is 26.7 Å². The molecule has 0 fully saturated rings. The van der Waals surface area contributed by atoms with Crippen molar-refractivity contribution in [2.75, 3.05) is 20.8 Å². The third-order valence-corrected chi connectivity index (χ3v) is 3.79. The molecular formula is C20H25NO4. The molecule has 0 spiro atoms. The third-order valence-electron chi connectivity index (χ3n) is 3.79. The van der Waals surface area contributed by atoms with Crippen molar-refractivity contribution in [1.82, 2.24) is 5.32 Å². The van der Waals surface area contributed by atoms with Crippen LogP contribution < -0.4 is 19.5 Å². The summed E-state index contributed by atoms with van der Waals surface area (Å²) in [4.78, 5) is 12.2. The molecule has 25 heavy (non-hydrogen) atoms. The van der Waals surface area contributed by atoms with Gasteiger partial charge in [-0.3, -0.25) is 4.79 Å². The average Bonchev–Trinajstić information content (AvgIpc) is 2.60. The predicted molar refractivity (Wildman–Crippen MR) is 97.5 cm³/mol. The van der Waals surface area contributed by atoms with Crippen LogP contribution >= 0.6 is 0 Å². The number of benzene rings is 2. The van der Waals surface area contributed by atoms with Gasteiger partial charge in [-0.15, -0.1) is 0 Å². The predicted octanol–water partition coefficient (Wildman–Crippen LogP) is 3.14. The van der Waals surface area contributed by atoms with E-state index in [2.05, 4.69) is 5.32 Å². The molecule has 1 unspecified atom stereocenters. The van der Waals surface area contributed by atoms with Crippen LogP contribution in [0.3, 0.4) is 0 Å². The average molecular weight is 343 g/mol. The van der Waals surface area contributed by atoms with Crippen molar-refractivity contribution in [3.05, 3.63) is 53.6 Å². The number of amides is 1. The Kier molecular flexibility index (Phi) is 6.69. The highest BCUT2D eigenvalue weighted by Gasteiger charge is 2.10. The molecule has 5 nitrogen and oxygen atoms in total. The van der Waals surface area contributed by atoms with E-state index in [4.69, 9.17) is 14.2 Å². The lowest BCUT2D eigenvalue weighted by Gasteiger charge is -2.15. The standard InChI is InChI=1S/C20H25NO4/c1-14-11-16(5-10-19(14)24-4)12-20(22)21-15(2)13-25-18-8-6-17(23-3)7-9-18/h5-11,15H,12-13H2,1-4H3,(H,21,22). The number of rotatable bonds is 8. The van der Waals surface area contributed by atoms with Crippen molar-refractivity contribution in [3.63, 3.8) is 0 Å². The molecular weight excluding hydrogens is 318 g/mol. The van der Waals surface area contributed by atoms with E-state index in [9.17, 15) is 4.79 Å². The topological polar surface area (TPSA) is 56.8 Å². The van der Waals surface area contributed by atoms with E-state index in [1.54, 1.807) is 14.2 Å². The highest BCUT2D eigenvalue weighted by atomic mass is 16.5. The van der Waals surface area contributed by atoms with E-state index in [-0.39, 0.29) is 11.9 Å². The van der Waals surface area contributed by atoms with Crippen molar-refractivity contribution >= 4 is 5.91 Å². The molecule has 2 aromatic rings. The summed E-state index contributed by atoms with van der Waals surface area (Å²) < 4.78 is 16.0. The van der Waals surface area contributed by atoms with Gasteiger partial charge in [-0.1, -0.05) is 12.1 Å². The summed E-state index contributed by atoms with van der Waals surface area (Å²) in [6.45, 7) is 4.28. The van der Waals surface area contributed by atoms with Gasteiger partial charge >= 0.3 is 0 Å². The summed E-state index contributed by atoms with van der Waals surface area (Å²) >= 11 is 0. The lowest BCUT2D eigenvalue weighted by Crippen LogP contribution is -2.37. The fraction of sp³-hybridized carbons (Fsp3) is 0.350. The maximum Gasteiger partial charge on any atom is 0.224 e. The maximum absolute atomic E-state index is 12.2. The molecule has 134 valence electrons. The van der Waals surface area contributed by atoms with Crippen LogP contribution in [0.2, 0.25) is 0 Å². The summed E-state index contributed by atoms with van der Waals surface area (Å²) in [5.74, 6) is 2.32. The van der Waals surface area contributed by atoms with Gasteiger partial charge < -0.3 is 19.5 Å². The molecule has 1 N–H and O–H groups in total. The molecule has 0 saturated heterocycles. The minimum Gasteiger partial charge on any atom is -0.497 e. The van der Waals surface area contributed by atoms with Gasteiger partial charge in [0.2, 0.25) is 5.91 Å². The zero-order valence-corrected chi connectivity index (χ0v) is 15.2. The number of methoxy groups -OCH3 is 2. The first-order valence-corrected chi connectivity index (χ1v) is 8.21. The van der Waals surface area contributed by atoms with E-state index in [0.717, 1.165) is 28.4 Å². The molecule has 0 heterocycles. The molecule has 0 radical (unpaired) electrons. The normalized spacial score (nSPS) is 11.5. The molecule has 0 aromatic heterocycles. The van der Waals surface area contributed by atoms with Gasteiger partial charge in [0.1, 0.15) is 23.9 Å². The zero-order valence-electron chi connectivity index (χ0n) is 15.2. The second kappa shape index (κ2) is 8.97. The van der Waals surface area contributed by atoms with Crippen LogP contribution in [0.1, 0.15) is 18.1 Å². The van der Waals surface area contributed by atoms with E-state index in [1.165, 1.54) is 0 Å². The number of hydrogen-bond acceptors (Lipinski definition) is 4. The molecule has 0 saturated carbocycles. The summed E-state index contributed by atoms with van der Waals surface area (Å²) in [6.07, 6.45) is 0.331. The largest absolute Gasteiger partial charge is 0.497 e. The van der Waals surface area contributed by atoms with Crippen molar-refractivity contribution in [3.8, 4) is 17.2 Å². The lowest BCUT2D eigenvalue weighted by molar-refractivity contribution is -0.121. The van der Waals surface area contributed by atoms with Crippen LogP contribution in [0.4, 0.5) is 0 Å². The van der Waals surface area contributed by atoms with E-state index >= 15 is 0 Å². The molecule has 0 aliphatic heterocycles. The van der Waals surface area contributed by atoms with Gasteiger partial charge in [0.25, 0.3) is 0 Å². The molecule has 0 aliphatic rings. The van der Waals surface area contributed by atoms with Crippen molar-refractivity contribution in [2.24, 2.45) is 0 Å². The summed E-state index contributed by atoms with van der Waals surface area (Å²) in [5.41, 5.74) is 1.97. The highest BCUT2D eigenvalue weighted by Crippen LogP contribution is 2.19. The first-order valence-electron chi connectivity index (χ1n) is 8.21. The smallest absolute Gasteiger partial charge is 0.224 e. The van der Waals surface area contributed by atoms with Gasteiger partial charge in [0, 0.05) is 0 Å². The number of carbonyl (C=O) groups excluding carboxylic acids is 1. The Bertz CT molecular complexity index is 697. The summed E-state index contributed by atoms with van der Waals surface area (Å²) in [7, 11) is 3.26. The fourth-order valence-electron chi connectivity index (χ4n) is 2.50. The number of aryl methyl sites for hydroxylation is 1. The van der Waals surface area contributed by atoms with Crippen LogP contribution in [0.5, 0.6) is 17.2 Å². The minimum atomic E-state index is -0.0889. The molecule has 2 rings (SSSR count). The molecule has 0 bridgehead atoms. The van der Waals surface area contributed by atoms with Crippen molar-refractivity contribution in [1.29, 1.82) is 0 Å². The Morgan fingerprint density at radius 3 is 2.32 bits per heavy atom. The second-order valence-electron chi connectivity index (χ2n) is 5.94. The van der Waals surface area contributed by atoms with Crippen LogP contribution in [-0.4, -0.2) is 32.8 Å². The number of ether oxygens (including phenoxy) is 3. The van der Waals surface area contributed by atoms with E-state index in [0.29, 0.717) is 13.0 Å². The highest BCUT2D eigenvalue weighted by molar-refractivity contribution is 5.79. The van der Waals surface area contributed by atoms with Crippen LogP contribution in [0.25, 0.3) is 0 Å². The minimum absolute atomic E-state index is 0.0320. The van der Waals surface area contributed by atoms with Gasteiger partial charge in [-0.2, -0.15) is 0 Å². The Balaban J connectivity index is 1.80. The Morgan fingerprint density at radius 1 is 1.04 bits per heavy atom. The van der Waals surface area contributed by atoms with Crippen molar-refractivity contribution in [2.45, 2.75) is 26.3 Å². The Morgan fingerprint density at radius 2 is 1.72 bits per heavy atom.